The van der Waals surface area contributed by atoms with Crippen molar-refractivity contribution in [3.63, 3.8) is 0 Å². The van der Waals surface area contributed by atoms with Crippen LogP contribution in [0, 0.1) is 13.5 Å². The Morgan fingerprint density at radius 3 is 2.49 bits per heavy atom. The first-order valence-electron chi connectivity index (χ1n) is 13.4. The molecule has 0 spiro atoms. The fraction of sp³-hybridized carbons (Fsp3) is 0.300. The Balaban J connectivity index is 1.30. The van der Waals surface area contributed by atoms with Gasteiger partial charge in [0, 0.05) is 35.6 Å². The van der Waals surface area contributed by atoms with Gasteiger partial charge in [-0.2, -0.15) is 9.97 Å². The molecule has 0 radical (unpaired) electrons. The molecule has 0 unspecified atom stereocenters. The van der Waals surface area contributed by atoms with Crippen LogP contribution < -0.4 is 20.7 Å². The predicted octanol–water partition coefficient (Wildman–Crippen LogP) is 3.99. The van der Waals surface area contributed by atoms with E-state index in [0.717, 1.165) is 27.8 Å². The number of carbonyl (C=O) groups excluding carboxylic acids is 2. The second-order valence-electron chi connectivity index (χ2n) is 10.3. The number of ether oxygens (including phenoxy) is 2. The Bertz CT molecular complexity index is 1660. The van der Waals surface area contributed by atoms with Crippen LogP contribution in [-0.2, 0) is 4.74 Å². The lowest BCUT2D eigenvalue weighted by molar-refractivity contribution is -0.00346. The standard InChI is InChI=1S/C30H29N7O4/c1-16-10-19(28(39)34-21-14-40-15-21)8-9-24(16)35-30-36-26-25(29(37-30)41-22-11-20(12-22)31-2)23(13-33-26)17-4-6-18(7-5-17)27(38)32-3/h4-10,13,20-22H,11-12,14-15H2,1,3H3,(H,32,38)(H,34,39)(H2,33,35,36,37). The third kappa shape index (κ3) is 5.29. The monoisotopic (exact) mass is 551 g/mol. The van der Waals surface area contributed by atoms with Crippen molar-refractivity contribution in [1.29, 1.82) is 0 Å². The van der Waals surface area contributed by atoms with E-state index in [0.29, 0.717) is 54.7 Å². The lowest BCUT2D eigenvalue weighted by Gasteiger charge is -2.27. The van der Waals surface area contributed by atoms with E-state index in [4.69, 9.17) is 26.0 Å². The lowest BCUT2D eigenvalue weighted by Crippen LogP contribution is -2.48. The zero-order valence-electron chi connectivity index (χ0n) is 22.7. The smallest absolute Gasteiger partial charge is 0.251 e. The van der Waals surface area contributed by atoms with Gasteiger partial charge < -0.3 is 35.3 Å². The molecule has 2 aromatic heterocycles. The molecule has 208 valence electrons. The van der Waals surface area contributed by atoms with Crippen LogP contribution in [0.3, 0.4) is 0 Å². The third-order valence-corrected chi connectivity index (χ3v) is 7.42. The summed E-state index contributed by atoms with van der Waals surface area (Å²) in [5.74, 6) is 0.453. The molecule has 2 aliphatic rings. The molecule has 3 heterocycles. The summed E-state index contributed by atoms with van der Waals surface area (Å²) in [5.41, 5.74) is 5.05. The average Bonchev–Trinajstić information content (AvgIpc) is 3.37. The van der Waals surface area contributed by atoms with Crippen molar-refractivity contribution in [3.05, 3.63) is 76.8 Å². The average molecular weight is 552 g/mol. The second kappa shape index (κ2) is 10.9. The normalized spacial score (nSPS) is 18.1. The van der Waals surface area contributed by atoms with E-state index in [2.05, 4.69) is 25.8 Å². The molecule has 1 saturated carbocycles. The Labute approximate surface area is 236 Å². The molecule has 0 atom stereocenters. The molecule has 1 aliphatic carbocycles. The molecule has 2 fully saturated rings. The number of carbonyl (C=O) groups is 2. The van der Waals surface area contributed by atoms with Crippen molar-refractivity contribution >= 4 is 34.5 Å². The van der Waals surface area contributed by atoms with Crippen LogP contribution in [0.4, 0.5) is 11.6 Å². The Morgan fingerprint density at radius 2 is 1.83 bits per heavy atom. The van der Waals surface area contributed by atoms with E-state index in [1.165, 1.54) is 0 Å². The Hall–Kier alpha value is -4.95. The summed E-state index contributed by atoms with van der Waals surface area (Å²) < 4.78 is 11.5. The van der Waals surface area contributed by atoms with Crippen molar-refractivity contribution < 1.29 is 19.1 Å². The van der Waals surface area contributed by atoms with Crippen molar-refractivity contribution in [2.75, 3.05) is 25.6 Å². The minimum atomic E-state index is -0.158. The summed E-state index contributed by atoms with van der Waals surface area (Å²) >= 11 is 0. The number of hydrogen-bond donors (Lipinski definition) is 4. The lowest BCUT2D eigenvalue weighted by atomic mass is 9.90. The molecule has 2 amide bonds. The molecule has 1 aliphatic heterocycles. The number of amides is 2. The molecule has 11 nitrogen and oxygen atoms in total. The van der Waals surface area contributed by atoms with E-state index in [-0.39, 0.29) is 30.0 Å². The largest absolute Gasteiger partial charge is 0.473 e. The summed E-state index contributed by atoms with van der Waals surface area (Å²) in [6.45, 7) is 10.3. The number of nitrogens with one attached hydrogen (secondary N) is 4. The fourth-order valence-corrected chi connectivity index (χ4v) is 4.87. The molecular weight excluding hydrogens is 522 g/mol. The minimum absolute atomic E-state index is 0.0342. The van der Waals surface area contributed by atoms with Gasteiger partial charge in [0.25, 0.3) is 11.8 Å². The highest BCUT2D eigenvalue weighted by molar-refractivity contribution is 5.99. The van der Waals surface area contributed by atoms with Gasteiger partial charge in [0.15, 0.2) is 0 Å². The highest BCUT2D eigenvalue weighted by atomic mass is 16.5. The number of rotatable bonds is 8. The Kier molecular flexibility index (Phi) is 6.99. The number of H-pyrrole nitrogens is 1. The van der Waals surface area contributed by atoms with Crippen molar-refractivity contribution in [2.45, 2.75) is 38.0 Å². The van der Waals surface area contributed by atoms with Gasteiger partial charge in [-0.15, -0.1) is 0 Å². The van der Waals surface area contributed by atoms with Crippen molar-refractivity contribution in [2.24, 2.45) is 0 Å². The number of aromatic amines is 1. The van der Waals surface area contributed by atoms with E-state index in [1.54, 1.807) is 25.2 Å². The number of fused-ring (bicyclic) bond motifs is 1. The van der Waals surface area contributed by atoms with Crippen molar-refractivity contribution in [1.82, 2.24) is 25.6 Å². The zero-order chi connectivity index (χ0) is 28.5. The zero-order valence-corrected chi connectivity index (χ0v) is 22.7. The number of aromatic nitrogens is 3. The first-order chi connectivity index (χ1) is 19.9. The highest BCUT2D eigenvalue weighted by Gasteiger charge is 2.37. The van der Waals surface area contributed by atoms with E-state index in [9.17, 15) is 9.59 Å². The van der Waals surface area contributed by atoms with Crippen LogP contribution in [-0.4, -0.2) is 65.2 Å². The first kappa shape index (κ1) is 26.3. The quantitative estimate of drug-likeness (QED) is 0.243. The van der Waals surface area contributed by atoms with Gasteiger partial charge in [-0.25, -0.2) is 6.57 Å². The van der Waals surface area contributed by atoms with Gasteiger partial charge in [-0.1, -0.05) is 12.1 Å². The molecule has 4 aromatic rings. The number of anilines is 2. The number of benzene rings is 2. The Morgan fingerprint density at radius 1 is 1.07 bits per heavy atom. The molecule has 11 heteroatoms. The molecule has 41 heavy (non-hydrogen) atoms. The SMILES string of the molecule is [C-]#[N+]C1CC(Oc2nc(Nc3ccc(C(=O)NC4COC4)cc3C)nc3[nH]cc(-c4ccc(C(=O)NC)cc4)c23)C1. The molecule has 1 saturated heterocycles. The molecule has 2 aromatic carbocycles. The molecule has 6 rings (SSSR count). The number of hydrogen-bond acceptors (Lipinski definition) is 7. The first-order valence-corrected chi connectivity index (χ1v) is 13.4. The number of nitrogens with zero attached hydrogens (tertiary/aromatic N) is 3. The maximum atomic E-state index is 12.6. The summed E-state index contributed by atoms with van der Waals surface area (Å²) in [5, 5.41) is 9.58. The second-order valence-corrected chi connectivity index (χ2v) is 10.3. The predicted molar refractivity (Wildman–Crippen MR) is 153 cm³/mol. The van der Waals surface area contributed by atoms with Crippen LogP contribution >= 0.6 is 0 Å². The van der Waals surface area contributed by atoms with E-state index in [1.807, 2.05) is 37.4 Å². The van der Waals surface area contributed by atoms with Gasteiger partial charge in [0.1, 0.15) is 11.8 Å². The van der Waals surface area contributed by atoms with Crippen molar-refractivity contribution in [3.8, 4) is 17.0 Å². The maximum Gasteiger partial charge on any atom is 0.251 e. The van der Waals surface area contributed by atoms with Gasteiger partial charge in [-0.3, -0.25) is 9.59 Å². The summed E-state index contributed by atoms with van der Waals surface area (Å²) in [6.07, 6.45) is 3.03. The van der Waals surface area contributed by atoms with Crippen LogP contribution in [0.2, 0.25) is 0 Å². The van der Waals surface area contributed by atoms with E-state index < -0.39 is 0 Å². The van der Waals surface area contributed by atoms with Crippen LogP contribution in [0.15, 0.2) is 48.7 Å². The van der Waals surface area contributed by atoms with E-state index >= 15 is 0 Å². The number of aryl methyl sites for hydroxylation is 1. The van der Waals surface area contributed by atoms with Crippen LogP contribution in [0.25, 0.3) is 27.0 Å². The van der Waals surface area contributed by atoms with Gasteiger partial charge in [0.2, 0.25) is 17.9 Å². The highest BCUT2D eigenvalue weighted by Crippen LogP contribution is 2.38. The molecular formula is C30H29N7O4. The minimum Gasteiger partial charge on any atom is -0.473 e. The summed E-state index contributed by atoms with van der Waals surface area (Å²) in [7, 11) is 1.60. The molecule has 0 bridgehead atoms. The molecule has 4 N–H and O–H groups in total. The fourth-order valence-electron chi connectivity index (χ4n) is 4.87. The van der Waals surface area contributed by atoms with Gasteiger partial charge >= 0.3 is 0 Å². The third-order valence-electron chi connectivity index (χ3n) is 7.42. The summed E-state index contributed by atoms with van der Waals surface area (Å²) in [4.78, 5) is 40.9. The van der Waals surface area contributed by atoms with Gasteiger partial charge in [-0.05, 0) is 48.4 Å². The van der Waals surface area contributed by atoms with Crippen LogP contribution in [0.5, 0.6) is 5.88 Å². The van der Waals surface area contributed by atoms with Crippen LogP contribution in [0.1, 0.15) is 39.1 Å². The van der Waals surface area contributed by atoms with Gasteiger partial charge in [0.05, 0.1) is 37.5 Å². The summed E-state index contributed by atoms with van der Waals surface area (Å²) in [6, 6.07) is 12.7. The maximum absolute atomic E-state index is 12.6. The topological polar surface area (TPSA) is 135 Å².